The Morgan fingerprint density at radius 3 is 2.32 bits per heavy atom. The highest BCUT2D eigenvalue weighted by Crippen LogP contribution is 2.20. The minimum Gasteiger partial charge on any atom is -0.483 e. The summed E-state index contributed by atoms with van der Waals surface area (Å²) >= 11 is 0. The monoisotopic (exact) mass is 362 g/mol. The van der Waals surface area contributed by atoms with Gasteiger partial charge in [-0.2, -0.15) is 0 Å². The number of nitrogens with one attached hydrogen (secondary N) is 1. The van der Waals surface area contributed by atoms with Crippen molar-refractivity contribution in [3.63, 3.8) is 0 Å². The highest BCUT2D eigenvalue weighted by Gasteiger charge is 2.16. The third-order valence-electron chi connectivity index (χ3n) is 3.83. The van der Waals surface area contributed by atoms with E-state index in [1.807, 2.05) is 32.0 Å². The fourth-order valence-corrected chi connectivity index (χ4v) is 3.04. The van der Waals surface area contributed by atoms with Crippen LogP contribution in [0.25, 0.3) is 0 Å². The first-order chi connectivity index (χ1) is 11.7. The van der Waals surface area contributed by atoms with Gasteiger partial charge in [-0.25, -0.2) is 12.7 Å². The van der Waals surface area contributed by atoms with Crippen molar-refractivity contribution in [3.8, 4) is 5.75 Å². The quantitative estimate of drug-likeness (QED) is 0.857. The van der Waals surface area contributed by atoms with Crippen molar-refractivity contribution in [1.82, 2.24) is 4.31 Å². The van der Waals surface area contributed by atoms with Crippen molar-refractivity contribution in [3.05, 3.63) is 53.6 Å². The van der Waals surface area contributed by atoms with Crippen molar-refractivity contribution >= 4 is 21.6 Å². The normalized spacial score (nSPS) is 11.4. The minimum absolute atomic E-state index is 0.123. The van der Waals surface area contributed by atoms with Gasteiger partial charge in [-0.05, 0) is 55.3 Å². The van der Waals surface area contributed by atoms with E-state index >= 15 is 0 Å². The number of sulfonamides is 1. The molecule has 7 heteroatoms. The Balaban J connectivity index is 1.98. The van der Waals surface area contributed by atoms with Gasteiger partial charge >= 0.3 is 0 Å². The Morgan fingerprint density at radius 2 is 1.72 bits per heavy atom. The largest absolute Gasteiger partial charge is 0.483 e. The summed E-state index contributed by atoms with van der Waals surface area (Å²) in [6, 6.07) is 11.7. The maximum Gasteiger partial charge on any atom is 0.262 e. The summed E-state index contributed by atoms with van der Waals surface area (Å²) in [5.41, 5.74) is 2.59. The average molecular weight is 362 g/mol. The van der Waals surface area contributed by atoms with Crippen LogP contribution in [0, 0.1) is 13.8 Å². The van der Waals surface area contributed by atoms with E-state index in [4.69, 9.17) is 4.74 Å². The lowest BCUT2D eigenvalue weighted by molar-refractivity contribution is -0.118. The van der Waals surface area contributed by atoms with Crippen LogP contribution in [0.2, 0.25) is 0 Å². The number of rotatable bonds is 6. The molecule has 0 aromatic heterocycles. The van der Waals surface area contributed by atoms with Gasteiger partial charge in [0.25, 0.3) is 5.91 Å². The molecule has 0 bridgehead atoms. The fourth-order valence-electron chi connectivity index (χ4n) is 2.14. The second kappa shape index (κ2) is 7.67. The van der Waals surface area contributed by atoms with Crippen LogP contribution in [0.5, 0.6) is 5.75 Å². The van der Waals surface area contributed by atoms with Gasteiger partial charge in [0.15, 0.2) is 6.61 Å². The van der Waals surface area contributed by atoms with Gasteiger partial charge in [0.1, 0.15) is 5.75 Å². The van der Waals surface area contributed by atoms with Gasteiger partial charge in [0, 0.05) is 19.8 Å². The maximum atomic E-state index is 12.0. The van der Waals surface area contributed by atoms with Gasteiger partial charge in [0.2, 0.25) is 10.0 Å². The number of ether oxygens (including phenoxy) is 1. The smallest absolute Gasteiger partial charge is 0.262 e. The SMILES string of the molecule is Cc1cccc(OCC(=O)Nc2ccc(S(=O)(=O)N(C)C)cc2)c1C. The molecular weight excluding hydrogens is 340 g/mol. The molecule has 25 heavy (non-hydrogen) atoms. The third kappa shape index (κ3) is 4.58. The lowest BCUT2D eigenvalue weighted by Gasteiger charge is -2.13. The van der Waals surface area contributed by atoms with Gasteiger partial charge in [0.05, 0.1) is 4.90 Å². The Morgan fingerprint density at radius 1 is 1.08 bits per heavy atom. The predicted octanol–water partition coefficient (Wildman–Crippen LogP) is 2.57. The van der Waals surface area contributed by atoms with E-state index in [0.717, 1.165) is 15.4 Å². The number of anilines is 1. The molecule has 0 spiro atoms. The molecule has 0 heterocycles. The van der Waals surface area contributed by atoms with Crippen LogP contribution in [0.3, 0.4) is 0 Å². The van der Waals surface area contributed by atoms with Crippen molar-refractivity contribution in [2.24, 2.45) is 0 Å². The van der Waals surface area contributed by atoms with E-state index in [9.17, 15) is 13.2 Å². The van der Waals surface area contributed by atoms with Crippen LogP contribution >= 0.6 is 0 Å². The second-order valence-electron chi connectivity index (χ2n) is 5.85. The first kappa shape index (κ1) is 19.0. The number of hydrogen-bond donors (Lipinski definition) is 1. The third-order valence-corrected chi connectivity index (χ3v) is 5.66. The molecule has 2 aromatic rings. The Labute approximate surface area is 148 Å². The molecule has 0 fully saturated rings. The van der Waals surface area contributed by atoms with Gasteiger partial charge in [-0.1, -0.05) is 12.1 Å². The number of carbonyl (C=O) groups is 1. The van der Waals surface area contributed by atoms with Gasteiger partial charge < -0.3 is 10.1 Å². The Hall–Kier alpha value is -2.38. The summed E-state index contributed by atoms with van der Waals surface area (Å²) < 4.78 is 30.7. The van der Waals surface area contributed by atoms with Crippen molar-refractivity contribution < 1.29 is 17.9 Å². The number of hydrogen-bond acceptors (Lipinski definition) is 4. The number of aryl methyl sites for hydroxylation is 1. The molecule has 134 valence electrons. The molecule has 2 aromatic carbocycles. The molecule has 1 N–H and O–H groups in total. The highest BCUT2D eigenvalue weighted by molar-refractivity contribution is 7.89. The highest BCUT2D eigenvalue weighted by atomic mass is 32.2. The van der Waals surface area contributed by atoms with E-state index in [0.29, 0.717) is 11.4 Å². The van der Waals surface area contributed by atoms with Crippen LogP contribution in [-0.4, -0.2) is 39.3 Å². The average Bonchev–Trinajstić information content (AvgIpc) is 2.56. The molecular formula is C18H22N2O4S. The van der Waals surface area contributed by atoms with Crippen LogP contribution in [0.4, 0.5) is 5.69 Å². The second-order valence-corrected chi connectivity index (χ2v) is 8.00. The standard InChI is InChI=1S/C18H22N2O4S/c1-13-6-5-7-17(14(13)2)24-12-18(21)19-15-8-10-16(11-9-15)25(22,23)20(3)4/h5-11H,12H2,1-4H3,(H,19,21). The van der Waals surface area contributed by atoms with E-state index < -0.39 is 10.0 Å². The fraction of sp³-hybridized carbons (Fsp3) is 0.278. The molecule has 0 radical (unpaired) electrons. The summed E-state index contributed by atoms with van der Waals surface area (Å²) in [5.74, 6) is 0.353. The van der Waals surface area contributed by atoms with Crippen LogP contribution in [0.15, 0.2) is 47.4 Å². The van der Waals surface area contributed by atoms with Crippen molar-refractivity contribution in [2.45, 2.75) is 18.7 Å². The number of benzene rings is 2. The summed E-state index contributed by atoms with van der Waals surface area (Å²) in [7, 11) is -0.546. The summed E-state index contributed by atoms with van der Waals surface area (Å²) in [6.07, 6.45) is 0. The lowest BCUT2D eigenvalue weighted by Crippen LogP contribution is -2.22. The zero-order valence-electron chi connectivity index (χ0n) is 14.7. The lowest BCUT2D eigenvalue weighted by atomic mass is 10.1. The molecule has 0 unspecified atom stereocenters. The van der Waals surface area contributed by atoms with Crippen LogP contribution in [-0.2, 0) is 14.8 Å². The number of carbonyl (C=O) groups excluding carboxylic acids is 1. The summed E-state index contributed by atoms with van der Waals surface area (Å²) in [5, 5.41) is 2.68. The molecule has 0 atom stereocenters. The van der Waals surface area contributed by atoms with E-state index in [1.54, 1.807) is 12.1 Å². The first-order valence-corrected chi connectivity index (χ1v) is 9.17. The number of amides is 1. The van der Waals surface area contributed by atoms with Crippen LogP contribution in [0.1, 0.15) is 11.1 Å². The topological polar surface area (TPSA) is 75.7 Å². The number of nitrogens with zero attached hydrogens (tertiary/aromatic N) is 1. The Kier molecular flexibility index (Phi) is 5.81. The first-order valence-electron chi connectivity index (χ1n) is 7.73. The molecule has 0 saturated heterocycles. The molecule has 0 saturated carbocycles. The summed E-state index contributed by atoms with van der Waals surface area (Å²) in [6.45, 7) is 3.79. The van der Waals surface area contributed by atoms with Crippen molar-refractivity contribution in [1.29, 1.82) is 0 Å². The molecule has 0 aliphatic carbocycles. The Bertz CT molecular complexity index is 859. The molecule has 0 aliphatic heterocycles. The van der Waals surface area contributed by atoms with Gasteiger partial charge in [-0.3, -0.25) is 4.79 Å². The van der Waals surface area contributed by atoms with Gasteiger partial charge in [-0.15, -0.1) is 0 Å². The maximum absolute atomic E-state index is 12.0. The predicted molar refractivity (Wildman–Crippen MR) is 97.4 cm³/mol. The zero-order chi connectivity index (χ0) is 18.6. The molecule has 6 nitrogen and oxygen atoms in total. The zero-order valence-corrected chi connectivity index (χ0v) is 15.6. The summed E-state index contributed by atoms with van der Waals surface area (Å²) in [4.78, 5) is 12.2. The molecule has 0 aliphatic rings. The van der Waals surface area contributed by atoms with Crippen molar-refractivity contribution in [2.75, 3.05) is 26.0 Å². The molecule has 1 amide bonds. The van der Waals surface area contributed by atoms with E-state index in [2.05, 4.69) is 5.32 Å². The van der Waals surface area contributed by atoms with E-state index in [-0.39, 0.29) is 17.4 Å². The minimum atomic E-state index is -3.48. The van der Waals surface area contributed by atoms with E-state index in [1.165, 1.54) is 26.2 Å². The van der Waals surface area contributed by atoms with Crippen LogP contribution < -0.4 is 10.1 Å². The molecule has 2 rings (SSSR count).